The topological polar surface area (TPSA) is 49.3 Å². The Hall–Kier alpha value is -0.380. The summed E-state index contributed by atoms with van der Waals surface area (Å²) in [4.78, 5) is 9.62. The molecule has 0 aromatic carbocycles. The SMILES string of the molecule is CCC(S)(CC)NC(=O)O. The van der Waals surface area contributed by atoms with Gasteiger partial charge in [-0.05, 0) is 12.8 Å². The lowest BCUT2D eigenvalue weighted by Crippen LogP contribution is -2.42. The number of hydrogen-bond acceptors (Lipinski definition) is 2. The smallest absolute Gasteiger partial charge is 0.405 e. The van der Waals surface area contributed by atoms with E-state index in [0.29, 0.717) is 12.8 Å². The van der Waals surface area contributed by atoms with Crippen LogP contribution in [-0.4, -0.2) is 16.1 Å². The number of amides is 1. The quantitative estimate of drug-likeness (QED) is 0.438. The molecule has 0 rings (SSSR count). The van der Waals surface area contributed by atoms with E-state index < -0.39 is 11.0 Å². The van der Waals surface area contributed by atoms with Crippen LogP contribution < -0.4 is 5.32 Å². The molecule has 10 heavy (non-hydrogen) atoms. The summed E-state index contributed by atoms with van der Waals surface area (Å²) < 4.78 is 0. The monoisotopic (exact) mass is 163 g/mol. The van der Waals surface area contributed by atoms with Crippen molar-refractivity contribution < 1.29 is 9.90 Å². The number of carbonyl (C=O) groups is 1. The Morgan fingerprint density at radius 2 is 2.00 bits per heavy atom. The molecule has 0 bridgehead atoms. The van der Waals surface area contributed by atoms with Crippen LogP contribution >= 0.6 is 12.6 Å². The second-order valence-corrected chi connectivity index (χ2v) is 3.02. The third kappa shape index (κ3) is 2.96. The van der Waals surface area contributed by atoms with Crippen molar-refractivity contribution in [3.63, 3.8) is 0 Å². The molecule has 0 aliphatic rings. The first-order valence-electron chi connectivity index (χ1n) is 3.27. The van der Waals surface area contributed by atoms with Crippen molar-refractivity contribution in [3.05, 3.63) is 0 Å². The predicted octanol–water partition coefficient (Wildman–Crippen LogP) is 1.70. The van der Waals surface area contributed by atoms with Gasteiger partial charge in [0.05, 0.1) is 4.87 Å². The van der Waals surface area contributed by atoms with Crippen LogP contribution in [0, 0.1) is 0 Å². The highest BCUT2D eigenvalue weighted by atomic mass is 32.1. The fourth-order valence-electron chi connectivity index (χ4n) is 0.626. The predicted molar refractivity (Wildman–Crippen MR) is 43.5 cm³/mol. The summed E-state index contributed by atoms with van der Waals surface area (Å²) in [5, 5.41) is 10.7. The molecule has 0 aliphatic carbocycles. The van der Waals surface area contributed by atoms with Gasteiger partial charge in [0.2, 0.25) is 0 Å². The van der Waals surface area contributed by atoms with Gasteiger partial charge >= 0.3 is 6.09 Å². The van der Waals surface area contributed by atoms with Crippen molar-refractivity contribution in [1.29, 1.82) is 0 Å². The van der Waals surface area contributed by atoms with Crippen LogP contribution in [0.4, 0.5) is 4.79 Å². The summed E-state index contributed by atoms with van der Waals surface area (Å²) in [7, 11) is 0. The molecule has 0 atom stereocenters. The van der Waals surface area contributed by atoms with E-state index in [1.165, 1.54) is 0 Å². The van der Waals surface area contributed by atoms with Crippen molar-refractivity contribution in [2.45, 2.75) is 31.6 Å². The summed E-state index contributed by atoms with van der Waals surface area (Å²) in [5.74, 6) is 0. The normalized spacial score (nSPS) is 11.1. The highest BCUT2D eigenvalue weighted by Crippen LogP contribution is 2.18. The standard InChI is InChI=1S/C6H13NO2S/c1-3-6(10,4-2)7-5(8)9/h7,10H,3-4H2,1-2H3,(H,8,9). The van der Waals surface area contributed by atoms with E-state index in [1.807, 2.05) is 13.8 Å². The van der Waals surface area contributed by atoms with Crippen molar-refractivity contribution in [3.8, 4) is 0 Å². The first-order valence-corrected chi connectivity index (χ1v) is 3.72. The largest absolute Gasteiger partial charge is 0.465 e. The second kappa shape index (κ2) is 3.71. The summed E-state index contributed by atoms with van der Waals surface area (Å²) in [5.41, 5.74) is 0. The first kappa shape index (κ1) is 9.62. The van der Waals surface area contributed by atoms with Crippen LogP contribution in [-0.2, 0) is 0 Å². The maximum atomic E-state index is 10.2. The molecular formula is C6H13NO2S. The summed E-state index contributed by atoms with van der Waals surface area (Å²) in [6.45, 7) is 3.79. The number of thiol groups is 1. The molecular weight excluding hydrogens is 150 g/mol. The van der Waals surface area contributed by atoms with Gasteiger partial charge in [0.15, 0.2) is 0 Å². The van der Waals surface area contributed by atoms with Crippen molar-refractivity contribution >= 4 is 18.7 Å². The van der Waals surface area contributed by atoms with E-state index in [4.69, 9.17) is 5.11 Å². The average Bonchev–Trinajstić information content (AvgIpc) is 1.87. The van der Waals surface area contributed by atoms with Gasteiger partial charge in [-0.3, -0.25) is 0 Å². The Balaban J connectivity index is 3.92. The first-order chi connectivity index (χ1) is 4.54. The lowest BCUT2D eigenvalue weighted by atomic mass is 10.1. The van der Waals surface area contributed by atoms with Crippen LogP contribution in [0.2, 0.25) is 0 Å². The van der Waals surface area contributed by atoms with Crippen molar-refractivity contribution in [2.75, 3.05) is 0 Å². The third-order valence-electron chi connectivity index (χ3n) is 1.51. The molecule has 0 unspecified atom stereocenters. The molecule has 1 amide bonds. The number of rotatable bonds is 3. The van der Waals surface area contributed by atoms with Gasteiger partial charge in [-0.25, -0.2) is 4.79 Å². The van der Waals surface area contributed by atoms with E-state index >= 15 is 0 Å². The Morgan fingerprint density at radius 1 is 1.60 bits per heavy atom. The summed E-state index contributed by atoms with van der Waals surface area (Å²) in [6, 6.07) is 0. The van der Waals surface area contributed by atoms with E-state index in [0.717, 1.165) is 0 Å². The maximum absolute atomic E-state index is 10.2. The third-order valence-corrected chi connectivity index (χ3v) is 2.25. The zero-order valence-corrected chi connectivity index (χ0v) is 7.11. The van der Waals surface area contributed by atoms with Crippen molar-refractivity contribution in [1.82, 2.24) is 5.32 Å². The molecule has 0 aromatic rings. The minimum atomic E-state index is -1.02. The molecule has 0 radical (unpaired) electrons. The fraction of sp³-hybridized carbons (Fsp3) is 0.833. The number of carboxylic acid groups (broad SMARTS) is 1. The fourth-order valence-corrected chi connectivity index (χ4v) is 0.721. The van der Waals surface area contributed by atoms with E-state index in [2.05, 4.69) is 17.9 Å². The highest BCUT2D eigenvalue weighted by Gasteiger charge is 2.22. The molecule has 0 heterocycles. The highest BCUT2D eigenvalue weighted by molar-refractivity contribution is 7.81. The van der Waals surface area contributed by atoms with Crippen LogP contribution in [0.1, 0.15) is 26.7 Å². The molecule has 60 valence electrons. The van der Waals surface area contributed by atoms with E-state index in [1.54, 1.807) is 0 Å². The molecule has 0 saturated carbocycles. The lowest BCUT2D eigenvalue weighted by Gasteiger charge is -2.24. The summed E-state index contributed by atoms with van der Waals surface area (Å²) >= 11 is 4.17. The zero-order chi connectivity index (χ0) is 8.20. The van der Waals surface area contributed by atoms with E-state index in [9.17, 15) is 4.79 Å². The Bertz CT molecular complexity index is 123. The zero-order valence-electron chi connectivity index (χ0n) is 6.22. The second-order valence-electron chi connectivity index (χ2n) is 2.17. The van der Waals surface area contributed by atoms with Gasteiger partial charge in [0, 0.05) is 0 Å². The Kier molecular flexibility index (Phi) is 3.57. The summed E-state index contributed by atoms with van der Waals surface area (Å²) in [6.07, 6.45) is 0.372. The van der Waals surface area contributed by atoms with Crippen LogP contribution in [0.15, 0.2) is 0 Å². The molecule has 2 N–H and O–H groups in total. The van der Waals surface area contributed by atoms with Gasteiger partial charge in [0.1, 0.15) is 0 Å². The molecule has 3 nitrogen and oxygen atoms in total. The Labute approximate surface area is 66.2 Å². The van der Waals surface area contributed by atoms with E-state index in [-0.39, 0.29) is 0 Å². The van der Waals surface area contributed by atoms with Crippen LogP contribution in [0.3, 0.4) is 0 Å². The van der Waals surface area contributed by atoms with Crippen LogP contribution in [0.5, 0.6) is 0 Å². The van der Waals surface area contributed by atoms with Crippen LogP contribution in [0.25, 0.3) is 0 Å². The molecule has 4 heteroatoms. The van der Waals surface area contributed by atoms with Gasteiger partial charge < -0.3 is 10.4 Å². The van der Waals surface area contributed by atoms with Gasteiger partial charge in [-0.15, -0.1) is 0 Å². The minimum Gasteiger partial charge on any atom is -0.465 e. The minimum absolute atomic E-state index is 0.550. The van der Waals surface area contributed by atoms with Gasteiger partial charge in [-0.2, -0.15) is 12.6 Å². The van der Waals surface area contributed by atoms with Gasteiger partial charge in [-0.1, -0.05) is 13.8 Å². The molecule has 0 saturated heterocycles. The van der Waals surface area contributed by atoms with Gasteiger partial charge in [0.25, 0.3) is 0 Å². The lowest BCUT2D eigenvalue weighted by molar-refractivity contribution is 0.186. The molecule has 0 fully saturated rings. The number of hydrogen-bond donors (Lipinski definition) is 3. The molecule has 0 aliphatic heterocycles. The molecule has 0 aromatic heterocycles. The number of nitrogens with one attached hydrogen (secondary N) is 1. The Morgan fingerprint density at radius 3 is 2.10 bits per heavy atom. The average molecular weight is 163 g/mol. The maximum Gasteiger partial charge on any atom is 0.405 e. The van der Waals surface area contributed by atoms with Crippen molar-refractivity contribution in [2.24, 2.45) is 0 Å². The molecule has 0 spiro atoms.